The first-order chi connectivity index (χ1) is 15.1. The number of carbonyl (C=O) groups excluding carboxylic acids is 1. The van der Waals surface area contributed by atoms with Gasteiger partial charge in [-0.2, -0.15) is 13.5 Å². The Hall–Kier alpha value is -3.25. The van der Waals surface area contributed by atoms with E-state index in [-0.39, 0.29) is 27.5 Å². The SMILES string of the molecule is CC[C@H]1S/C(=N\N=C/c2cc(C)ccc2OS(=O)(=O)c2ccc(C)c([N+](=O)[O-])c2)NC1=O. The van der Waals surface area contributed by atoms with E-state index in [9.17, 15) is 23.3 Å². The second-order valence-corrected chi connectivity index (χ2v) is 9.68. The summed E-state index contributed by atoms with van der Waals surface area (Å²) in [6, 6.07) is 8.33. The first-order valence-corrected chi connectivity index (χ1v) is 11.8. The molecule has 0 saturated carbocycles. The quantitative estimate of drug-likeness (QED) is 0.280. The van der Waals surface area contributed by atoms with Crippen molar-refractivity contribution >= 4 is 44.9 Å². The maximum Gasteiger partial charge on any atom is 0.339 e. The molecule has 10 nitrogen and oxygen atoms in total. The van der Waals surface area contributed by atoms with Crippen LogP contribution in [0.15, 0.2) is 51.5 Å². The Kier molecular flexibility index (Phi) is 6.94. The van der Waals surface area contributed by atoms with E-state index in [1.165, 1.54) is 43.1 Å². The number of hydrogen-bond acceptors (Lipinski definition) is 9. The number of aryl methyl sites for hydroxylation is 2. The number of nitrogens with zero attached hydrogens (tertiary/aromatic N) is 3. The first-order valence-electron chi connectivity index (χ1n) is 9.49. The number of amides is 1. The van der Waals surface area contributed by atoms with Crippen molar-refractivity contribution < 1.29 is 22.3 Å². The predicted molar refractivity (Wildman–Crippen MR) is 122 cm³/mol. The summed E-state index contributed by atoms with van der Waals surface area (Å²) in [5.74, 6) is -0.151. The van der Waals surface area contributed by atoms with Gasteiger partial charge >= 0.3 is 10.1 Å². The summed E-state index contributed by atoms with van der Waals surface area (Å²) >= 11 is 1.27. The predicted octanol–water partition coefficient (Wildman–Crippen LogP) is 3.31. The molecule has 12 heteroatoms. The molecule has 1 aliphatic heterocycles. The van der Waals surface area contributed by atoms with Gasteiger partial charge in [-0.1, -0.05) is 36.4 Å². The Bertz CT molecular complexity index is 1240. The molecule has 168 valence electrons. The van der Waals surface area contributed by atoms with E-state index in [0.717, 1.165) is 11.6 Å². The standard InChI is InChI=1S/C20H20N4O6S2/c1-4-18-19(25)22-20(31-18)23-21-11-14-9-12(2)5-8-17(14)30-32(28,29)15-7-6-13(3)16(10-15)24(26)27/h5-11,18H,4H2,1-3H3,(H,22,23,25)/b21-11-/t18-/m1/s1. The molecule has 1 heterocycles. The molecule has 0 spiro atoms. The van der Waals surface area contributed by atoms with E-state index in [1.807, 2.05) is 13.8 Å². The maximum absolute atomic E-state index is 12.7. The largest absolute Gasteiger partial charge is 0.378 e. The van der Waals surface area contributed by atoms with Crippen molar-refractivity contribution in [1.29, 1.82) is 0 Å². The molecule has 0 radical (unpaired) electrons. The molecule has 1 saturated heterocycles. The van der Waals surface area contributed by atoms with E-state index < -0.39 is 15.0 Å². The third-order valence-corrected chi connectivity index (χ3v) is 6.99. The minimum Gasteiger partial charge on any atom is -0.378 e. The topological polar surface area (TPSA) is 140 Å². The molecule has 0 aromatic heterocycles. The monoisotopic (exact) mass is 476 g/mol. The molecular formula is C20H20N4O6S2. The lowest BCUT2D eigenvalue weighted by Gasteiger charge is -2.10. The zero-order chi connectivity index (χ0) is 23.5. The van der Waals surface area contributed by atoms with E-state index in [2.05, 4.69) is 15.5 Å². The van der Waals surface area contributed by atoms with Gasteiger partial charge in [0.1, 0.15) is 4.90 Å². The molecule has 0 aliphatic carbocycles. The zero-order valence-corrected chi connectivity index (χ0v) is 19.1. The fourth-order valence-electron chi connectivity index (χ4n) is 2.82. The highest BCUT2D eigenvalue weighted by molar-refractivity contribution is 8.15. The van der Waals surface area contributed by atoms with Crippen molar-refractivity contribution in [3.05, 3.63) is 63.2 Å². The Morgan fingerprint density at radius 1 is 1.25 bits per heavy atom. The molecule has 1 atom stereocenters. The van der Waals surface area contributed by atoms with Gasteiger partial charge in [-0.05, 0) is 38.5 Å². The van der Waals surface area contributed by atoms with Gasteiger partial charge in [0, 0.05) is 17.2 Å². The third kappa shape index (κ3) is 5.32. The van der Waals surface area contributed by atoms with Crippen LogP contribution >= 0.6 is 11.8 Å². The Morgan fingerprint density at radius 2 is 2.00 bits per heavy atom. The van der Waals surface area contributed by atoms with Crippen molar-refractivity contribution in [3.8, 4) is 5.75 Å². The van der Waals surface area contributed by atoms with Gasteiger partial charge in [-0.25, -0.2) is 0 Å². The highest BCUT2D eigenvalue weighted by atomic mass is 32.2. The van der Waals surface area contributed by atoms with Crippen molar-refractivity contribution in [2.24, 2.45) is 10.2 Å². The first kappa shape index (κ1) is 23.4. The van der Waals surface area contributed by atoms with Crippen LogP contribution in [0.4, 0.5) is 5.69 Å². The summed E-state index contributed by atoms with van der Waals surface area (Å²) in [6.45, 7) is 5.21. The molecule has 2 aromatic carbocycles. The molecule has 0 bridgehead atoms. The van der Waals surface area contributed by atoms with Crippen molar-refractivity contribution in [3.63, 3.8) is 0 Å². The van der Waals surface area contributed by atoms with E-state index >= 15 is 0 Å². The van der Waals surface area contributed by atoms with Gasteiger partial charge in [0.15, 0.2) is 10.9 Å². The van der Waals surface area contributed by atoms with Crippen molar-refractivity contribution in [2.75, 3.05) is 0 Å². The van der Waals surface area contributed by atoms with E-state index in [0.29, 0.717) is 22.7 Å². The van der Waals surface area contributed by atoms with Crippen LogP contribution in [0, 0.1) is 24.0 Å². The van der Waals surface area contributed by atoms with Crippen LogP contribution in [0.25, 0.3) is 0 Å². The van der Waals surface area contributed by atoms with Gasteiger partial charge in [0.25, 0.3) is 5.69 Å². The highest BCUT2D eigenvalue weighted by Gasteiger charge is 2.28. The molecule has 0 unspecified atom stereocenters. The molecule has 32 heavy (non-hydrogen) atoms. The Morgan fingerprint density at radius 3 is 2.66 bits per heavy atom. The van der Waals surface area contributed by atoms with Crippen molar-refractivity contribution in [2.45, 2.75) is 37.3 Å². The minimum absolute atomic E-state index is 0.0164. The van der Waals surface area contributed by atoms with Crippen LogP contribution in [-0.4, -0.2) is 35.9 Å². The fourth-order valence-corrected chi connectivity index (χ4v) is 4.65. The number of amidine groups is 1. The average molecular weight is 477 g/mol. The lowest BCUT2D eigenvalue weighted by Crippen LogP contribution is -2.24. The summed E-state index contributed by atoms with van der Waals surface area (Å²) in [6.07, 6.45) is 1.97. The van der Waals surface area contributed by atoms with Crippen LogP contribution in [0.1, 0.15) is 30.0 Å². The lowest BCUT2D eigenvalue weighted by atomic mass is 10.1. The summed E-state index contributed by atoms with van der Waals surface area (Å²) < 4.78 is 30.7. The smallest absolute Gasteiger partial charge is 0.339 e. The van der Waals surface area contributed by atoms with Gasteiger partial charge < -0.3 is 9.50 Å². The molecule has 1 fully saturated rings. The number of nitro groups is 1. The molecule has 2 aromatic rings. The van der Waals surface area contributed by atoms with Crippen LogP contribution in [0.3, 0.4) is 0 Å². The van der Waals surface area contributed by atoms with Gasteiger partial charge in [0.05, 0.1) is 16.4 Å². The molecule has 3 rings (SSSR count). The second kappa shape index (κ2) is 9.49. The van der Waals surface area contributed by atoms with Gasteiger partial charge in [-0.15, -0.1) is 5.10 Å². The molecule has 1 amide bonds. The Labute approximate surface area is 189 Å². The number of rotatable bonds is 7. The number of nitro benzene ring substituents is 1. The normalized spacial score (nSPS) is 17.7. The number of hydrogen-bond donors (Lipinski definition) is 1. The van der Waals surface area contributed by atoms with Gasteiger partial charge in [-0.3, -0.25) is 14.9 Å². The average Bonchev–Trinajstić information content (AvgIpc) is 3.09. The number of nitrogens with one attached hydrogen (secondary N) is 1. The summed E-state index contributed by atoms with van der Waals surface area (Å²) in [7, 11) is -4.34. The summed E-state index contributed by atoms with van der Waals surface area (Å²) in [5, 5.41) is 21.8. The number of thioether (sulfide) groups is 1. The third-order valence-electron chi connectivity index (χ3n) is 4.52. The van der Waals surface area contributed by atoms with Crippen LogP contribution in [-0.2, 0) is 14.9 Å². The number of benzene rings is 2. The van der Waals surface area contributed by atoms with Gasteiger partial charge in [0.2, 0.25) is 5.91 Å². The lowest BCUT2D eigenvalue weighted by molar-refractivity contribution is -0.385. The minimum atomic E-state index is -4.34. The summed E-state index contributed by atoms with van der Waals surface area (Å²) in [5.41, 5.74) is 1.17. The van der Waals surface area contributed by atoms with Crippen molar-refractivity contribution in [1.82, 2.24) is 5.32 Å². The van der Waals surface area contributed by atoms with E-state index in [1.54, 1.807) is 12.1 Å². The second-order valence-electron chi connectivity index (χ2n) is 6.94. The maximum atomic E-state index is 12.7. The van der Waals surface area contributed by atoms with E-state index in [4.69, 9.17) is 4.18 Å². The van der Waals surface area contributed by atoms with Crippen LogP contribution in [0.2, 0.25) is 0 Å². The zero-order valence-electron chi connectivity index (χ0n) is 17.4. The highest BCUT2D eigenvalue weighted by Crippen LogP contribution is 2.27. The summed E-state index contributed by atoms with van der Waals surface area (Å²) in [4.78, 5) is 21.9. The Balaban J connectivity index is 1.88. The molecule has 1 aliphatic rings. The number of carbonyl (C=O) groups is 1. The molecule has 1 N–H and O–H groups in total. The molecular weight excluding hydrogens is 456 g/mol. The fraction of sp³-hybridized carbons (Fsp3) is 0.250. The van der Waals surface area contributed by atoms with Crippen LogP contribution < -0.4 is 9.50 Å². The van der Waals surface area contributed by atoms with Crippen LogP contribution in [0.5, 0.6) is 5.75 Å².